The molecule has 25 heavy (non-hydrogen) atoms. The number of hydrogen-bond acceptors (Lipinski definition) is 3. The smallest absolute Gasteiger partial charge is 0.223 e. The van der Waals surface area contributed by atoms with Gasteiger partial charge in [0.15, 0.2) is 0 Å². The maximum atomic E-state index is 12.4. The Morgan fingerprint density at radius 1 is 1.16 bits per heavy atom. The van der Waals surface area contributed by atoms with E-state index >= 15 is 0 Å². The van der Waals surface area contributed by atoms with Crippen LogP contribution in [0.1, 0.15) is 50.5 Å². The van der Waals surface area contributed by atoms with Crippen molar-refractivity contribution >= 4 is 17.5 Å². The fourth-order valence-corrected chi connectivity index (χ4v) is 4.32. The van der Waals surface area contributed by atoms with Gasteiger partial charge < -0.3 is 10.2 Å². The standard InChI is InChI=1S/C20H27N3O2/c1-14(24)23-12-15(18-4-2-3-5-19(18)23)6-9-20(25)21-16-10-11-22(13-16)17-7-8-17/h2-5,15-17H,6-13H2,1H3,(H,21,25)/t15-,16+/m0/s1. The molecule has 134 valence electrons. The molecule has 0 aromatic heterocycles. The summed E-state index contributed by atoms with van der Waals surface area (Å²) in [6.07, 6.45) is 5.06. The van der Waals surface area contributed by atoms with Crippen LogP contribution in [0.2, 0.25) is 0 Å². The molecule has 2 aliphatic heterocycles. The van der Waals surface area contributed by atoms with Crippen molar-refractivity contribution in [1.82, 2.24) is 10.2 Å². The van der Waals surface area contributed by atoms with E-state index < -0.39 is 0 Å². The summed E-state index contributed by atoms with van der Waals surface area (Å²) in [5, 5.41) is 3.21. The third kappa shape index (κ3) is 3.56. The average Bonchev–Trinajstić information content (AvgIpc) is 3.23. The quantitative estimate of drug-likeness (QED) is 0.894. The maximum Gasteiger partial charge on any atom is 0.223 e. The van der Waals surface area contributed by atoms with Gasteiger partial charge in [-0.05, 0) is 37.3 Å². The lowest BCUT2D eigenvalue weighted by Gasteiger charge is -2.17. The van der Waals surface area contributed by atoms with Crippen molar-refractivity contribution in [3.63, 3.8) is 0 Å². The zero-order chi connectivity index (χ0) is 17.4. The van der Waals surface area contributed by atoms with Gasteiger partial charge in [-0.2, -0.15) is 0 Å². The second kappa shape index (κ2) is 6.79. The summed E-state index contributed by atoms with van der Waals surface area (Å²) in [7, 11) is 0. The minimum absolute atomic E-state index is 0.0746. The van der Waals surface area contributed by atoms with Crippen LogP contribution >= 0.6 is 0 Å². The van der Waals surface area contributed by atoms with E-state index in [-0.39, 0.29) is 17.7 Å². The summed E-state index contributed by atoms with van der Waals surface area (Å²) >= 11 is 0. The number of amides is 2. The van der Waals surface area contributed by atoms with Crippen LogP contribution in [0.5, 0.6) is 0 Å². The van der Waals surface area contributed by atoms with Crippen molar-refractivity contribution in [2.45, 2.75) is 57.0 Å². The van der Waals surface area contributed by atoms with Gasteiger partial charge in [0.1, 0.15) is 0 Å². The summed E-state index contributed by atoms with van der Waals surface area (Å²) < 4.78 is 0. The monoisotopic (exact) mass is 341 g/mol. The van der Waals surface area contributed by atoms with E-state index in [0.29, 0.717) is 19.0 Å². The molecule has 2 amide bonds. The highest BCUT2D eigenvalue weighted by molar-refractivity contribution is 5.94. The highest BCUT2D eigenvalue weighted by atomic mass is 16.2. The van der Waals surface area contributed by atoms with E-state index in [2.05, 4.69) is 16.3 Å². The van der Waals surface area contributed by atoms with Gasteiger partial charge >= 0.3 is 0 Å². The summed E-state index contributed by atoms with van der Waals surface area (Å²) in [4.78, 5) is 28.6. The largest absolute Gasteiger partial charge is 0.352 e. The van der Waals surface area contributed by atoms with Crippen molar-refractivity contribution in [3.8, 4) is 0 Å². The van der Waals surface area contributed by atoms with Gasteiger partial charge in [0.2, 0.25) is 11.8 Å². The SMILES string of the molecule is CC(=O)N1C[C@H](CCC(=O)N[C@@H]2CCN(C3CC3)C2)c2ccccc21. The van der Waals surface area contributed by atoms with Crippen molar-refractivity contribution < 1.29 is 9.59 Å². The summed E-state index contributed by atoms with van der Waals surface area (Å²) in [5.41, 5.74) is 2.21. The highest BCUT2D eigenvalue weighted by Gasteiger charge is 2.35. The third-order valence-electron chi connectivity index (χ3n) is 5.82. The zero-order valence-electron chi connectivity index (χ0n) is 14.9. The Kier molecular flexibility index (Phi) is 4.50. The molecule has 0 unspecified atom stereocenters. The van der Waals surface area contributed by atoms with Crippen LogP contribution in [0.3, 0.4) is 0 Å². The molecule has 3 aliphatic rings. The van der Waals surface area contributed by atoms with Crippen molar-refractivity contribution in [3.05, 3.63) is 29.8 Å². The molecule has 5 nitrogen and oxygen atoms in total. The molecule has 5 heteroatoms. The molecule has 1 saturated heterocycles. The van der Waals surface area contributed by atoms with Gasteiger partial charge in [-0.25, -0.2) is 0 Å². The summed E-state index contributed by atoms with van der Waals surface area (Å²) in [6, 6.07) is 9.18. The lowest BCUT2D eigenvalue weighted by atomic mass is 9.96. The Morgan fingerprint density at radius 3 is 2.72 bits per heavy atom. The molecular formula is C20H27N3O2. The molecular weight excluding hydrogens is 314 g/mol. The molecule has 1 aromatic carbocycles. The Hall–Kier alpha value is -1.88. The van der Waals surface area contributed by atoms with E-state index in [9.17, 15) is 9.59 Å². The van der Waals surface area contributed by atoms with Crippen LogP contribution in [0.15, 0.2) is 24.3 Å². The number of para-hydroxylation sites is 1. The van der Waals surface area contributed by atoms with Crippen LogP contribution < -0.4 is 10.2 Å². The Morgan fingerprint density at radius 2 is 1.96 bits per heavy atom. The Labute approximate surface area is 149 Å². The number of anilines is 1. The zero-order valence-corrected chi connectivity index (χ0v) is 14.9. The molecule has 1 N–H and O–H groups in total. The Balaban J connectivity index is 1.29. The van der Waals surface area contributed by atoms with E-state index in [1.54, 1.807) is 6.92 Å². The first kappa shape index (κ1) is 16.6. The molecule has 2 heterocycles. The van der Waals surface area contributed by atoms with Gasteiger partial charge in [0.25, 0.3) is 0 Å². The number of hydrogen-bond donors (Lipinski definition) is 1. The molecule has 0 radical (unpaired) electrons. The first-order valence-electron chi connectivity index (χ1n) is 9.52. The molecule has 1 aromatic rings. The summed E-state index contributed by atoms with van der Waals surface area (Å²) in [5.74, 6) is 0.490. The van der Waals surface area contributed by atoms with Crippen LogP contribution in [0, 0.1) is 0 Å². The fourth-order valence-electron chi connectivity index (χ4n) is 4.32. The average molecular weight is 341 g/mol. The minimum atomic E-state index is 0.0746. The predicted molar refractivity (Wildman–Crippen MR) is 97.6 cm³/mol. The van der Waals surface area contributed by atoms with E-state index in [1.807, 2.05) is 23.1 Å². The summed E-state index contributed by atoms with van der Waals surface area (Å²) in [6.45, 7) is 4.44. The number of likely N-dealkylation sites (tertiary alicyclic amines) is 1. The van der Waals surface area contributed by atoms with Crippen LogP contribution in [-0.2, 0) is 9.59 Å². The van der Waals surface area contributed by atoms with Gasteiger partial charge in [0, 0.05) is 56.7 Å². The normalized spacial score (nSPS) is 25.9. The lowest BCUT2D eigenvalue weighted by Crippen LogP contribution is -2.37. The van der Waals surface area contributed by atoms with Crippen LogP contribution in [0.25, 0.3) is 0 Å². The number of carbonyl (C=O) groups is 2. The third-order valence-corrected chi connectivity index (χ3v) is 5.82. The number of rotatable bonds is 5. The number of benzene rings is 1. The van der Waals surface area contributed by atoms with Crippen LogP contribution in [0.4, 0.5) is 5.69 Å². The minimum Gasteiger partial charge on any atom is -0.352 e. The second-order valence-corrected chi connectivity index (χ2v) is 7.70. The first-order valence-corrected chi connectivity index (χ1v) is 9.52. The highest BCUT2D eigenvalue weighted by Crippen LogP contribution is 2.38. The van der Waals surface area contributed by atoms with E-state index in [4.69, 9.17) is 0 Å². The molecule has 2 atom stereocenters. The molecule has 0 spiro atoms. The molecule has 1 saturated carbocycles. The van der Waals surface area contributed by atoms with Crippen LogP contribution in [-0.4, -0.2) is 48.4 Å². The van der Waals surface area contributed by atoms with Crippen molar-refractivity contribution in [2.24, 2.45) is 0 Å². The number of fused-ring (bicyclic) bond motifs is 1. The molecule has 1 aliphatic carbocycles. The topological polar surface area (TPSA) is 52.7 Å². The van der Waals surface area contributed by atoms with E-state index in [1.165, 1.54) is 18.4 Å². The van der Waals surface area contributed by atoms with Gasteiger partial charge in [-0.1, -0.05) is 18.2 Å². The predicted octanol–water partition coefficient (Wildman–Crippen LogP) is 2.27. The van der Waals surface area contributed by atoms with Gasteiger partial charge in [0.05, 0.1) is 0 Å². The van der Waals surface area contributed by atoms with Gasteiger partial charge in [-0.3, -0.25) is 14.5 Å². The fraction of sp³-hybridized carbons (Fsp3) is 0.600. The van der Waals surface area contributed by atoms with Gasteiger partial charge in [-0.15, -0.1) is 0 Å². The van der Waals surface area contributed by atoms with Crippen molar-refractivity contribution in [2.75, 3.05) is 24.5 Å². The number of nitrogens with zero attached hydrogens (tertiary/aromatic N) is 2. The molecule has 4 rings (SSSR count). The van der Waals surface area contributed by atoms with Crippen molar-refractivity contribution in [1.29, 1.82) is 0 Å². The first-order chi connectivity index (χ1) is 12.1. The maximum absolute atomic E-state index is 12.4. The molecule has 2 fully saturated rings. The second-order valence-electron chi connectivity index (χ2n) is 7.70. The Bertz CT molecular complexity index is 671. The lowest BCUT2D eigenvalue weighted by molar-refractivity contribution is -0.121. The van der Waals surface area contributed by atoms with E-state index in [0.717, 1.165) is 37.7 Å². The molecule has 0 bridgehead atoms. The number of carbonyl (C=O) groups excluding carboxylic acids is 2. The number of nitrogens with one attached hydrogen (secondary N) is 1.